The monoisotopic (exact) mass is 409 g/mol. The van der Waals surface area contributed by atoms with Crippen molar-refractivity contribution in [2.75, 3.05) is 11.9 Å². The quantitative estimate of drug-likeness (QED) is 0.420. The van der Waals surface area contributed by atoms with Crippen LogP contribution in [0.25, 0.3) is 17.2 Å². The molecule has 0 unspecified atom stereocenters. The fourth-order valence-corrected chi connectivity index (χ4v) is 3.99. The maximum atomic E-state index is 13.3. The van der Waals surface area contributed by atoms with Gasteiger partial charge in [0.25, 0.3) is 0 Å². The van der Waals surface area contributed by atoms with Crippen molar-refractivity contribution in [2.24, 2.45) is 0 Å². The first-order valence-electron chi connectivity index (χ1n) is 9.10. The van der Waals surface area contributed by atoms with Crippen LogP contribution in [0.5, 0.6) is 0 Å². The van der Waals surface area contributed by atoms with Crippen LogP contribution in [0.3, 0.4) is 0 Å². The van der Waals surface area contributed by atoms with Gasteiger partial charge < -0.3 is 10.1 Å². The number of rotatable bonds is 6. The van der Waals surface area contributed by atoms with Gasteiger partial charge in [0.05, 0.1) is 6.61 Å². The summed E-state index contributed by atoms with van der Waals surface area (Å²) in [6.07, 6.45) is 2.82. The van der Waals surface area contributed by atoms with Gasteiger partial charge in [-0.25, -0.2) is 9.18 Å². The molecular formula is C23H20FNO3S. The van der Waals surface area contributed by atoms with E-state index in [0.29, 0.717) is 16.1 Å². The molecule has 3 aromatic rings. The van der Waals surface area contributed by atoms with Gasteiger partial charge in [0.15, 0.2) is 0 Å². The van der Waals surface area contributed by atoms with E-state index in [0.717, 1.165) is 16.0 Å². The maximum absolute atomic E-state index is 13.3. The van der Waals surface area contributed by atoms with Crippen LogP contribution in [0.1, 0.15) is 27.7 Å². The summed E-state index contributed by atoms with van der Waals surface area (Å²) in [5, 5.41) is 3.19. The molecule has 3 rings (SSSR count). The third kappa shape index (κ3) is 4.97. The van der Waals surface area contributed by atoms with Crippen molar-refractivity contribution in [3.63, 3.8) is 0 Å². The van der Waals surface area contributed by atoms with Gasteiger partial charge in [-0.1, -0.05) is 42.5 Å². The topological polar surface area (TPSA) is 55.4 Å². The van der Waals surface area contributed by atoms with E-state index in [1.54, 1.807) is 19.1 Å². The fraction of sp³-hybridized carbons (Fsp3) is 0.130. The molecule has 1 amide bonds. The predicted molar refractivity (Wildman–Crippen MR) is 115 cm³/mol. The normalized spacial score (nSPS) is 10.9. The molecule has 0 aliphatic carbocycles. The molecular weight excluding hydrogens is 389 g/mol. The summed E-state index contributed by atoms with van der Waals surface area (Å²) >= 11 is 1.32. The van der Waals surface area contributed by atoms with Gasteiger partial charge in [-0.15, -0.1) is 11.3 Å². The number of thiophene rings is 1. The second-order valence-corrected chi connectivity index (χ2v) is 7.43. The van der Waals surface area contributed by atoms with Crippen LogP contribution in [-0.2, 0) is 9.53 Å². The van der Waals surface area contributed by atoms with Gasteiger partial charge in [-0.3, -0.25) is 4.79 Å². The third-order valence-electron chi connectivity index (χ3n) is 4.14. The lowest BCUT2D eigenvalue weighted by molar-refractivity contribution is -0.111. The van der Waals surface area contributed by atoms with Crippen LogP contribution in [0.4, 0.5) is 9.39 Å². The van der Waals surface area contributed by atoms with Crippen LogP contribution in [0, 0.1) is 12.7 Å². The van der Waals surface area contributed by atoms with Crippen molar-refractivity contribution < 1.29 is 18.7 Å². The summed E-state index contributed by atoms with van der Waals surface area (Å²) in [6, 6.07) is 15.4. The molecule has 0 aliphatic rings. The van der Waals surface area contributed by atoms with E-state index in [1.807, 2.05) is 37.3 Å². The Kier molecular flexibility index (Phi) is 6.57. The second kappa shape index (κ2) is 9.30. The van der Waals surface area contributed by atoms with E-state index in [2.05, 4.69) is 5.32 Å². The van der Waals surface area contributed by atoms with Gasteiger partial charge in [-0.2, -0.15) is 0 Å². The number of hydrogen-bond donors (Lipinski definition) is 1. The first-order chi connectivity index (χ1) is 14.0. The van der Waals surface area contributed by atoms with Crippen molar-refractivity contribution in [2.45, 2.75) is 13.8 Å². The number of halogens is 1. The minimum Gasteiger partial charge on any atom is -0.462 e. The lowest BCUT2D eigenvalue weighted by Crippen LogP contribution is -2.12. The Morgan fingerprint density at radius 3 is 2.59 bits per heavy atom. The molecule has 0 aliphatic heterocycles. The zero-order valence-electron chi connectivity index (χ0n) is 16.1. The maximum Gasteiger partial charge on any atom is 0.341 e. The number of anilines is 1. The Bertz CT molecular complexity index is 1060. The molecule has 2 aromatic carbocycles. The first kappa shape index (κ1) is 20.5. The van der Waals surface area contributed by atoms with E-state index in [9.17, 15) is 14.0 Å². The number of aryl methyl sites for hydroxylation is 1. The van der Waals surface area contributed by atoms with Crippen molar-refractivity contribution in [1.82, 2.24) is 0 Å². The van der Waals surface area contributed by atoms with E-state index < -0.39 is 11.9 Å². The van der Waals surface area contributed by atoms with Gasteiger partial charge >= 0.3 is 5.97 Å². The van der Waals surface area contributed by atoms with Gasteiger partial charge in [0.2, 0.25) is 5.91 Å². The van der Waals surface area contributed by atoms with Crippen LogP contribution >= 0.6 is 11.3 Å². The highest BCUT2D eigenvalue weighted by atomic mass is 32.1. The lowest BCUT2D eigenvalue weighted by atomic mass is 10.0. The molecule has 0 saturated carbocycles. The van der Waals surface area contributed by atoms with E-state index >= 15 is 0 Å². The number of nitrogens with one attached hydrogen (secondary N) is 1. The van der Waals surface area contributed by atoms with E-state index in [4.69, 9.17) is 4.74 Å². The van der Waals surface area contributed by atoms with Crippen molar-refractivity contribution in [3.8, 4) is 11.1 Å². The van der Waals surface area contributed by atoms with Crippen LogP contribution in [-0.4, -0.2) is 18.5 Å². The summed E-state index contributed by atoms with van der Waals surface area (Å²) in [5.41, 5.74) is 2.53. The van der Waals surface area contributed by atoms with Gasteiger partial charge in [0, 0.05) is 16.5 Å². The molecule has 1 N–H and O–H groups in total. The highest BCUT2D eigenvalue weighted by Gasteiger charge is 2.25. The minimum atomic E-state index is -0.486. The SMILES string of the molecule is CCOC(=O)c1c(NC(=O)/C=C/c2cccc(F)c2)sc(C)c1-c1ccccc1. The molecule has 29 heavy (non-hydrogen) atoms. The summed E-state index contributed by atoms with van der Waals surface area (Å²) in [6.45, 7) is 3.86. The number of carbonyl (C=O) groups excluding carboxylic acids is 2. The molecule has 4 nitrogen and oxygen atoms in total. The summed E-state index contributed by atoms with van der Waals surface area (Å²) in [4.78, 5) is 26.0. The zero-order chi connectivity index (χ0) is 20.8. The lowest BCUT2D eigenvalue weighted by Gasteiger charge is -2.08. The second-order valence-electron chi connectivity index (χ2n) is 6.20. The smallest absolute Gasteiger partial charge is 0.341 e. The molecule has 0 fully saturated rings. The molecule has 1 aromatic heterocycles. The predicted octanol–water partition coefficient (Wildman–Crippen LogP) is 5.69. The van der Waals surface area contributed by atoms with E-state index in [-0.39, 0.29) is 12.4 Å². The molecule has 0 bridgehead atoms. The van der Waals surface area contributed by atoms with Crippen molar-refractivity contribution >= 4 is 34.3 Å². The zero-order valence-corrected chi connectivity index (χ0v) is 16.9. The van der Waals surface area contributed by atoms with Crippen LogP contribution in [0.15, 0.2) is 60.7 Å². The van der Waals surface area contributed by atoms with Gasteiger partial charge in [0.1, 0.15) is 16.4 Å². The average molecular weight is 409 g/mol. The minimum absolute atomic E-state index is 0.231. The first-order valence-corrected chi connectivity index (χ1v) is 9.91. The Hall–Kier alpha value is -3.25. The Labute approximate surface area is 172 Å². The largest absolute Gasteiger partial charge is 0.462 e. The Morgan fingerprint density at radius 2 is 1.90 bits per heavy atom. The highest BCUT2D eigenvalue weighted by molar-refractivity contribution is 7.17. The van der Waals surface area contributed by atoms with Crippen LogP contribution < -0.4 is 5.32 Å². The number of hydrogen-bond acceptors (Lipinski definition) is 4. The molecule has 1 heterocycles. The average Bonchev–Trinajstić information content (AvgIpc) is 3.03. The number of benzene rings is 2. The molecule has 0 radical (unpaired) electrons. The summed E-state index contributed by atoms with van der Waals surface area (Å²) in [7, 11) is 0. The summed E-state index contributed by atoms with van der Waals surface area (Å²) in [5.74, 6) is -1.28. The molecule has 6 heteroatoms. The Morgan fingerprint density at radius 1 is 1.14 bits per heavy atom. The fourth-order valence-electron chi connectivity index (χ4n) is 2.92. The molecule has 0 spiro atoms. The number of esters is 1. The number of amides is 1. The Balaban J connectivity index is 1.92. The number of ether oxygens (including phenoxy) is 1. The van der Waals surface area contributed by atoms with Gasteiger partial charge in [-0.05, 0) is 43.2 Å². The summed E-state index contributed by atoms with van der Waals surface area (Å²) < 4.78 is 18.5. The molecule has 0 atom stereocenters. The standard InChI is InChI=1S/C23H20FNO3S/c1-3-28-23(27)21-20(17-9-5-4-6-10-17)15(2)29-22(21)25-19(26)13-12-16-8-7-11-18(24)14-16/h4-14H,3H2,1-2H3,(H,25,26)/b13-12+. The van der Waals surface area contributed by atoms with Crippen LogP contribution in [0.2, 0.25) is 0 Å². The molecule has 0 saturated heterocycles. The van der Waals surface area contributed by atoms with Crippen molar-refractivity contribution in [1.29, 1.82) is 0 Å². The highest BCUT2D eigenvalue weighted by Crippen LogP contribution is 2.40. The molecule has 148 valence electrons. The van der Waals surface area contributed by atoms with E-state index in [1.165, 1.54) is 35.6 Å². The van der Waals surface area contributed by atoms with Crippen molar-refractivity contribution in [3.05, 3.63) is 82.5 Å². The number of carbonyl (C=O) groups is 2. The third-order valence-corrected chi connectivity index (χ3v) is 5.16.